The van der Waals surface area contributed by atoms with E-state index in [9.17, 15) is 0 Å². The molecule has 3 nitrogen and oxygen atoms in total. The topological polar surface area (TPSA) is 38.9 Å². The van der Waals surface area contributed by atoms with Crippen LogP contribution in [0, 0.1) is 11.8 Å². The fraction of sp³-hybridized carbons (Fsp3) is 0.375. The quantitative estimate of drug-likeness (QED) is 0.596. The summed E-state index contributed by atoms with van der Waals surface area (Å²) in [7, 11) is 0. The molecule has 0 saturated heterocycles. The highest BCUT2D eigenvalue weighted by atomic mass is 35.5. The zero-order valence-corrected chi connectivity index (χ0v) is 12.0. The predicted octanol–water partition coefficient (Wildman–Crippen LogP) is 3.96. The number of aryl methyl sites for hydroxylation is 1. The molecule has 1 heterocycles. The van der Waals surface area contributed by atoms with Crippen LogP contribution in [0.25, 0.3) is 0 Å². The van der Waals surface area contributed by atoms with Gasteiger partial charge in [-0.2, -0.15) is 4.98 Å². The number of allylic oxidation sites excluding steroid dienone is 1. The molecule has 1 aliphatic rings. The molecule has 2 aromatic rings. The molecule has 4 heteroatoms. The third-order valence-corrected chi connectivity index (χ3v) is 4.24. The van der Waals surface area contributed by atoms with E-state index in [2.05, 4.69) is 41.0 Å². The summed E-state index contributed by atoms with van der Waals surface area (Å²) in [5.74, 6) is 2.92. The predicted molar refractivity (Wildman–Crippen MR) is 78.5 cm³/mol. The molecular weight excluding hydrogens is 272 g/mol. The van der Waals surface area contributed by atoms with E-state index in [-0.39, 0.29) is 5.88 Å². The van der Waals surface area contributed by atoms with E-state index in [1.165, 1.54) is 5.56 Å². The van der Waals surface area contributed by atoms with Crippen molar-refractivity contribution >= 4 is 11.6 Å². The Kier molecular flexibility index (Phi) is 3.88. The Balaban J connectivity index is 1.63. The molecule has 1 aromatic heterocycles. The molecule has 0 spiro atoms. The van der Waals surface area contributed by atoms with Crippen LogP contribution in [0.4, 0.5) is 0 Å². The average molecular weight is 289 g/mol. The van der Waals surface area contributed by atoms with Crippen molar-refractivity contribution in [2.45, 2.75) is 24.6 Å². The van der Waals surface area contributed by atoms with Gasteiger partial charge < -0.3 is 4.52 Å². The Morgan fingerprint density at radius 3 is 2.75 bits per heavy atom. The molecule has 1 fully saturated rings. The van der Waals surface area contributed by atoms with Gasteiger partial charge in [-0.15, -0.1) is 18.2 Å². The van der Waals surface area contributed by atoms with E-state index >= 15 is 0 Å². The van der Waals surface area contributed by atoms with Crippen molar-refractivity contribution in [2.75, 3.05) is 0 Å². The van der Waals surface area contributed by atoms with Crippen LogP contribution < -0.4 is 0 Å². The van der Waals surface area contributed by atoms with Gasteiger partial charge >= 0.3 is 0 Å². The minimum Gasteiger partial charge on any atom is -0.338 e. The molecule has 0 amide bonds. The van der Waals surface area contributed by atoms with Crippen molar-refractivity contribution in [3.63, 3.8) is 0 Å². The van der Waals surface area contributed by atoms with E-state index in [1.807, 2.05) is 12.1 Å². The fourth-order valence-electron chi connectivity index (χ4n) is 2.89. The maximum absolute atomic E-state index is 5.70. The van der Waals surface area contributed by atoms with Gasteiger partial charge in [-0.05, 0) is 30.2 Å². The smallest absolute Gasteiger partial charge is 0.241 e. The lowest BCUT2D eigenvalue weighted by Crippen LogP contribution is -1.90. The van der Waals surface area contributed by atoms with Gasteiger partial charge in [0.15, 0.2) is 5.82 Å². The van der Waals surface area contributed by atoms with E-state index in [1.54, 1.807) is 0 Å². The van der Waals surface area contributed by atoms with Crippen molar-refractivity contribution in [2.24, 2.45) is 11.8 Å². The third kappa shape index (κ3) is 2.63. The molecule has 0 aliphatic heterocycles. The van der Waals surface area contributed by atoms with Crippen LogP contribution in [-0.2, 0) is 12.3 Å². The molecule has 1 aliphatic carbocycles. The highest BCUT2D eigenvalue weighted by Gasteiger charge is 2.51. The zero-order chi connectivity index (χ0) is 13.9. The van der Waals surface area contributed by atoms with E-state index in [0.29, 0.717) is 23.6 Å². The Morgan fingerprint density at radius 1 is 1.30 bits per heavy atom. The molecule has 3 unspecified atom stereocenters. The molecule has 3 rings (SSSR count). The number of aromatic nitrogens is 2. The van der Waals surface area contributed by atoms with Crippen LogP contribution >= 0.6 is 11.6 Å². The second-order valence-electron chi connectivity index (χ2n) is 5.21. The second-order valence-corrected chi connectivity index (χ2v) is 5.47. The van der Waals surface area contributed by atoms with Gasteiger partial charge in [-0.25, -0.2) is 0 Å². The summed E-state index contributed by atoms with van der Waals surface area (Å²) < 4.78 is 5.09. The van der Waals surface area contributed by atoms with Crippen LogP contribution in [-0.4, -0.2) is 10.1 Å². The molecule has 3 atom stereocenters. The monoisotopic (exact) mass is 288 g/mol. The summed E-state index contributed by atoms with van der Waals surface area (Å²) in [4.78, 5) is 4.34. The number of hydrogen-bond acceptors (Lipinski definition) is 3. The Hall–Kier alpha value is -1.61. The van der Waals surface area contributed by atoms with Gasteiger partial charge in [0.25, 0.3) is 0 Å². The highest BCUT2D eigenvalue weighted by Crippen LogP contribution is 2.55. The van der Waals surface area contributed by atoms with Gasteiger partial charge in [0.05, 0.1) is 0 Å². The first-order valence-electron chi connectivity index (χ1n) is 6.88. The van der Waals surface area contributed by atoms with Crippen molar-refractivity contribution in [3.05, 3.63) is 60.3 Å². The zero-order valence-electron chi connectivity index (χ0n) is 11.2. The lowest BCUT2D eigenvalue weighted by molar-refractivity contribution is 0.383. The minimum absolute atomic E-state index is 0.271. The van der Waals surface area contributed by atoms with Crippen molar-refractivity contribution in [1.82, 2.24) is 10.1 Å². The first kappa shape index (κ1) is 13.4. The Labute approximate surface area is 123 Å². The fourth-order valence-corrected chi connectivity index (χ4v) is 3.00. The summed E-state index contributed by atoms with van der Waals surface area (Å²) in [6, 6.07) is 10.5. The third-order valence-electron chi connectivity index (χ3n) is 4.01. The molecular formula is C16H17ClN2O. The summed E-state index contributed by atoms with van der Waals surface area (Å²) in [5.41, 5.74) is 1.37. The van der Waals surface area contributed by atoms with Crippen LogP contribution in [0.2, 0.25) is 0 Å². The molecule has 0 N–H and O–H groups in total. The van der Waals surface area contributed by atoms with Crippen LogP contribution in [0.5, 0.6) is 0 Å². The van der Waals surface area contributed by atoms with E-state index in [4.69, 9.17) is 16.1 Å². The maximum atomic E-state index is 5.70. The van der Waals surface area contributed by atoms with E-state index < -0.39 is 0 Å². The SMILES string of the molecule is C=CC1C(CCc2ccccc2)C1c1noc(CCl)n1. The van der Waals surface area contributed by atoms with Gasteiger partial charge in [0.2, 0.25) is 5.89 Å². The number of rotatable bonds is 6. The van der Waals surface area contributed by atoms with Crippen LogP contribution in [0.1, 0.15) is 29.6 Å². The minimum atomic E-state index is 0.271. The molecule has 0 bridgehead atoms. The van der Waals surface area contributed by atoms with Crippen LogP contribution in [0.3, 0.4) is 0 Å². The highest BCUT2D eigenvalue weighted by molar-refractivity contribution is 6.16. The summed E-state index contributed by atoms with van der Waals surface area (Å²) >= 11 is 5.70. The first-order chi connectivity index (χ1) is 9.83. The van der Waals surface area contributed by atoms with Crippen molar-refractivity contribution in [3.8, 4) is 0 Å². The lowest BCUT2D eigenvalue weighted by Gasteiger charge is -1.99. The lowest BCUT2D eigenvalue weighted by atomic mass is 10.1. The molecule has 1 saturated carbocycles. The first-order valence-corrected chi connectivity index (χ1v) is 7.42. The molecule has 20 heavy (non-hydrogen) atoms. The summed E-state index contributed by atoms with van der Waals surface area (Å²) in [6.07, 6.45) is 4.21. The summed E-state index contributed by atoms with van der Waals surface area (Å²) in [6.45, 7) is 3.92. The molecule has 104 valence electrons. The Morgan fingerprint density at radius 2 is 2.10 bits per heavy atom. The molecule has 1 aromatic carbocycles. The van der Waals surface area contributed by atoms with Gasteiger partial charge in [-0.1, -0.05) is 41.6 Å². The Bertz CT molecular complexity index is 581. The largest absolute Gasteiger partial charge is 0.338 e. The van der Waals surface area contributed by atoms with Gasteiger partial charge in [0, 0.05) is 5.92 Å². The van der Waals surface area contributed by atoms with Crippen molar-refractivity contribution in [1.29, 1.82) is 0 Å². The maximum Gasteiger partial charge on any atom is 0.241 e. The van der Waals surface area contributed by atoms with Crippen molar-refractivity contribution < 1.29 is 4.52 Å². The number of alkyl halides is 1. The van der Waals surface area contributed by atoms with Crippen LogP contribution in [0.15, 0.2) is 47.5 Å². The van der Waals surface area contributed by atoms with E-state index in [0.717, 1.165) is 18.7 Å². The van der Waals surface area contributed by atoms with Gasteiger partial charge in [0.1, 0.15) is 5.88 Å². The number of halogens is 1. The number of hydrogen-bond donors (Lipinski definition) is 0. The second kappa shape index (κ2) is 5.80. The number of benzene rings is 1. The van der Waals surface area contributed by atoms with Gasteiger partial charge in [-0.3, -0.25) is 0 Å². The standard InChI is InChI=1S/C16H17ClN2O/c1-2-12-13(9-8-11-6-4-3-5-7-11)15(12)16-18-14(10-17)20-19-16/h2-7,12-13,15H,1,8-10H2. The number of nitrogens with zero attached hydrogens (tertiary/aromatic N) is 2. The average Bonchev–Trinajstić information content (AvgIpc) is 3.00. The molecule has 0 radical (unpaired) electrons. The summed E-state index contributed by atoms with van der Waals surface area (Å²) in [5, 5.41) is 4.03. The normalized spacial score (nSPS) is 24.6.